The first-order chi connectivity index (χ1) is 49.9. The highest BCUT2D eigenvalue weighted by atomic mass is 16.6. The third-order valence-corrected chi connectivity index (χ3v) is 17.5. The molecule has 8 aromatic rings. The van der Waals surface area contributed by atoms with Gasteiger partial charge in [0, 0.05) is 102 Å². The minimum atomic E-state index is -0.886. The first kappa shape index (κ1) is 80.2. The number of anilines is 8. The summed E-state index contributed by atoms with van der Waals surface area (Å²) >= 11 is 0. The Labute approximate surface area is 618 Å². The number of carbonyl (C=O) groups excluding carboxylic acids is 4. The number of carboxylic acid groups (broad SMARTS) is 1. The third kappa shape index (κ3) is 25.2. The van der Waals surface area contributed by atoms with E-state index in [0.29, 0.717) is 63.8 Å². The molecule has 0 spiro atoms. The maximum absolute atomic E-state index is 12.7. The summed E-state index contributed by atoms with van der Waals surface area (Å²) in [6.07, 6.45) is 4.01. The number of nitrogens with zero attached hydrogens (tertiary/aromatic N) is 4. The normalized spacial score (nSPS) is 16.9. The molecule has 558 valence electrons. The van der Waals surface area contributed by atoms with Crippen LogP contribution in [0, 0.1) is 0 Å². The number of methoxy groups -OCH3 is 3. The highest BCUT2D eigenvalue weighted by molar-refractivity contribution is 6.06. The summed E-state index contributed by atoms with van der Waals surface area (Å²) in [5.41, 5.74) is 23.4. The van der Waals surface area contributed by atoms with E-state index < -0.39 is 28.9 Å². The molecule has 21 heteroatoms. The van der Waals surface area contributed by atoms with Crippen LogP contribution in [0.15, 0.2) is 194 Å². The van der Waals surface area contributed by atoms with Gasteiger partial charge in [-0.1, -0.05) is 72.8 Å². The molecule has 4 aliphatic heterocycles. The van der Waals surface area contributed by atoms with Crippen LogP contribution in [-0.4, -0.2) is 155 Å². The molecule has 0 aliphatic carbocycles. The van der Waals surface area contributed by atoms with E-state index in [9.17, 15) is 29.1 Å². The Hall–Kier alpha value is -10.5. The lowest BCUT2D eigenvalue weighted by Crippen LogP contribution is -2.27. The van der Waals surface area contributed by atoms with Gasteiger partial charge in [0.25, 0.3) is 5.91 Å². The Bertz CT molecular complexity index is 4110. The van der Waals surface area contributed by atoms with E-state index in [1.54, 1.807) is 51.7 Å². The predicted molar refractivity (Wildman–Crippen MR) is 419 cm³/mol. The number of rotatable bonds is 15. The van der Waals surface area contributed by atoms with Gasteiger partial charge in [0.1, 0.15) is 16.8 Å². The number of aromatic carboxylic acids is 1. The first-order valence-electron chi connectivity index (χ1n) is 35.5. The van der Waals surface area contributed by atoms with Gasteiger partial charge in [-0.2, -0.15) is 0 Å². The fourth-order valence-electron chi connectivity index (χ4n) is 11.9. The molecule has 4 heterocycles. The third-order valence-electron chi connectivity index (χ3n) is 17.5. The van der Waals surface area contributed by atoms with Crippen LogP contribution in [0.4, 0.5) is 50.3 Å². The monoisotopic (exact) mass is 1430 g/mol. The Kier molecular flexibility index (Phi) is 28.5. The molecule has 0 radical (unpaired) electrons. The van der Waals surface area contributed by atoms with E-state index in [1.165, 1.54) is 0 Å². The van der Waals surface area contributed by atoms with E-state index in [1.807, 2.05) is 226 Å². The molecule has 0 saturated carbocycles. The molecule has 12 rings (SSSR count). The second-order valence-electron chi connectivity index (χ2n) is 29.1. The second-order valence-corrected chi connectivity index (χ2v) is 29.1. The molecule has 4 aliphatic rings. The Morgan fingerprint density at radius 2 is 0.752 bits per heavy atom. The molecule has 4 fully saturated rings. The summed E-state index contributed by atoms with van der Waals surface area (Å²) in [7, 11) is 5.22. The number of hydrogen-bond donors (Lipinski definition) is 6. The molecule has 0 aromatic heterocycles. The van der Waals surface area contributed by atoms with Crippen molar-refractivity contribution in [2.24, 2.45) is 0 Å². The number of ether oxygens (including phenoxy) is 6. The molecular formula is C84H104N8O13. The minimum absolute atomic E-state index is 0.176. The fourth-order valence-corrected chi connectivity index (χ4v) is 11.9. The van der Waals surface area contributed by atoms with Crippen molar-refractivity contribution in [3.8, 4) is 22.3 Å². The van der Waals surface area contributed by atoms with Crippen molar-refractivity contribution in [1.29, 1.82) is 0 Å². The SMILES string of the molecule is CC(C)(C)OC(=O)Nc1ccc(-c2ccccc2)cc1N.CC(C)(C)OC(=O)c1ccc(N2CC[C@@H](O)C2)cc1.CO[C@@H]1CCN(c2ccc(C(=O)Nc3cc(-c4ccccc4)ccc3N)cc2)C1.CO[C@@H]1CCN(c2ccc(C(=O)O)cc2)C1.CO[C@@H]1CCN(c2ccc(C(=O)OC(C)(C)C)cc2)C1. The molecule has 8 N–H and O–H groups in total. The number of hydrogen-bond acceptors (Lipinski definition) is 18. The molecular weight excluding hydrogens is 1330 g/mol. The molecule has 8 aromatic carbocycles. The topological polar surface area (TPSA) is 270 Å². The number of amides is 2. The lowest BCUT2D eigenvalue weighted by Gasteiger charge is -2.21. The summed E-state index contributed by atoms with van der Waals surface area (Å²) in [6, 6.07) is 60.7. The van der Waals surface area contributed by atoms with E-state index in [4.69, 9.17) is 45.0 Å². The van der Waals surface area contributed by atoms with Crippen molar-refractivity contribution in [3.05, 3.63) is 216 Å². The van der Waals surface area contributed by atoms with Gasteiger partial charge in [0.2, 0.25) is 0 Å². The summed E-state index contributed by atoms with van der Waals surface area (Å²) in [4.78, 5) is 67.9. The van der Waals surface area contributed by atoms with E-state index >= 15 is 0 Å². The van der Waals surface area contributed by atoms with Crippen molar-refractivity contribution in [3.63, 3.8) is 0 Å². The number of β-amino-alcohol motifs (C(OH)–C–C–N with tert-alkyl or cyclic N) is 1. The predicted octanol–water partition coefficient (Wildman–Crippen LogP) is 15.4. The van der Waals surface area contributed by atoms with Gasteiger partial charge in [0.05, 0.1) is 63.9 Å². The molecule has 105 heavy (non-hydrogen) atoms. The zero-order valence-electron chi connectivity index (χ0n) is 62.6. The largest absolute Gasteiger partial charge is 0.478 e. The van der Waals surface area contributed by atoms with Gasteiger partial charge >= 0.3 is 24.0 Å². The van der Waals surface area contributed by atoms with Gasteiger partial charge in [-0.25, -0.2) is 19.2 Å². The van der Waals surface area contributed by atoms with Crippen molar-refractivity contribution in [2.45, 2.75) is 129 Å². The smallest absolute Gasteiger partial charge is 0.412 e. The van der Waals surface area contributed by atoms with Crippen LogP contribution in [-0.2, 0) is 28.4 Å². The quantitative estimate of drug-likeness (QED) is 0.0316. The standard InChI is InChI=1S/C24H25N3O2.C17H20N2O2.C16H23NO3.C15H21NO3.C12H15NO3/c1-29-21-13-14-27(16-21)20-10-7-18(8-11-20)24(28)26-23-15-19(9-12-22(23)25)17-5-3-2-4-6-17;1-17(2,3)21-16(20)19-15-10-9-13(11-14(15)18)12-7-5-4-6-8-12;1-16(2,3)20-15(18)12-5-7-13(8-6-12)17-10-9-14(11-17)19-4;1-15(2,3)19-14(18)11-4-6-12(7-5-11)16-9-8-13(17)10-16;1-16-11-6-7-13(8-11)10-4-2-9(3-5-10)12(14)15/h2-12,15,21H,13-14,16,25H2,1H3,(H,26,28);4-11H,18H2,1-3H3,(H,19,20);5-8,14H,9-11H2,1-4H3;4-7,13,17H,8-10H2,1-3H3;2-5,11H,6-8H2,1H3,(H,14,15)/t21-;;14-;13-;11-/m1.111/s1. The van der Waals surface area contributed by atoms with Crippen LogP contribution in [0.5, 0.6) is 0 Å². The van der Waals surface area contributed by atoms with Crippen LogP contribution in [0.2, 0.25) is 0 Å². The lowest BCUT2D eigenvalue weighted by atomic mass is 10.0. The second kappa shape index (κ2) is 37.3. The lowest BCUT2D eigenvalue weighted by molar-refractivity contribution is 0.00570. The zero-order valence-corrected chi connectivity index (χ0v) is 62.6. The maximum Gasteiger partial charge on any atom is 0.412 e. The number of aliphatic hydroxyl groups excluding tert-OH is 1. The molecule has 0 unspecified atom stereocenters. The summed E-state index contributed by atoms with van der Waals surface area (Å²) in [5, 5.41) is 23.9. The molecule has 0 bridgehead atoms. The Balaban J connectivity index is 0.000000168. The number of benzene rings is 8. The summed E-state index contributed by atoms with van der Waals surface area (Å²) < 4.78 is 31.9. The zero-order chi connectivity index (χ0) is 76.0. The van der Waals surface area contributed by atoms with Crippen molar-refractivity contribution < 1.29 is 62.6 Å². The maximum atomic E-state index is 12.7. The van der Waals surface area contributed by atoms with E-state index in [-0.39, 0.29) is 30.1 Å². The van der Waals surface area contributed by atoms with Gasteiger partial charge in [-0.15, -0.1) is 0 Å². The number of nitrogens with two attached hydrogens (primary N) is 2. The van der Waals surface area contributed by atoms with Crippen molar-refractivity contribution in [1.82, 2.24) is 0 Å². The Morgan fingerprint density at radius 1 is 0.390 bits per heavy atom. The van der Waals surface area contributed by atoms with Crippen molar-refractivity contribution in [2.75, 3.05) is 115 Å². The fraction of sp³-hybridized carbons (Fsp3) is 0.369. The highest BCUT2D eigenvalue weighted by Gasteiger charge is 2.27. The van der Waals surface area contributed by atoms with Gasteiger partial charge in [0.15, 0.2) is 0 Å². The van der Waals surface area contributed by atoms with Gasteiger partial charge in [-0.05, 0) is 232 Å². The van der Waals surface area contributed by atoms with E-state index in [0.717, 1.165) is 116 Å². The number of esters is 2. The number of nitrogen functional groups attached to an aromatic ring is 2. The van der Waals surface area contributed by atoms with E-state index in [2.05, 4.69) is 30.2 Å². The minimum Gasteiger partial charge on any atom is -0.478 e. The van der Waals surface area contributed by atoms with Crippen LogP contribution < -0.4 is 41.7 Å². The van der Waals surface area contributed by atoms with Gasteiger partial charge < -0.3 is 75.0 Å². The van der Waals surface area contributed by atoms with Crippen LogP contribution >= 0.6 is 0 Å². The van der Waals surface area contributed by atoms with Gasteiger partial charge in [-0.3, -0.25) is 10.1 Å². The molecule has 21 nitrogen and oxygen atoms in total. The van der Waals surface area contributed by atoms with Crippen LogP contribution in [0.1, 0.15) is 129 Å². The Morgan fingerprint density at radius 3 is 1.10 bits per heavy atom. The highest BCUT2D eigenvalue weighted by Crippen LogP contribution is 2.32. The molecule has 2 amide bonds. The van der Waals surface area contributed by atoms with Crippen molar-refractivity contribution >= 4 is 75.4 Å². The number of carboxylic acids is 1. The van der Waals surface area contributed by atoms with Crippen LogP contribution in [0.25, 0.3) is 22.3 Å². The number of carbonyl (C=O) groups is 5. The number of nitrogens with one attached hydrogen (secondary N) is 2. The molecule has 4 atom stereocenters. The first-order valence-corrected chi connectivity index (χ1v) is 35.5. The van der Waals surface area contributed by atoms with Crippen LogP contribution in [0.3, 0.4) is 0 Å². The average molecular weight is 1430 g/mol. The summed E-state index contributed by atoms with van der Waals surface area (Å²) in [5.74, 6) is -1.65. The summed E-state index contributed by atoms with van der Waals surface area (Å²) in [6.45, 7) is 23.7. The molecule has 4 saturated heterocycles. The average Bonchev–Trinajstić information content (AvgIpc) is 1.83. The number of aliphatic hydroxyl groups is 1.